The Bertz CT molecular complexity index is 661. The Labute approximate surface area is 146 Å². The zero-order valence-corrected chi connectivity index (χ0v) is 15.5. The van der Waals surface area contributed by atoms with Crippen LogP contribution < -0.4 is 0 Å². The highest BCUT2D eigenvalue weighted by Crippen LogP contribution is 2.15. The zero-order chi connectivity index (χ0) is 17.7. The number of aromatic nitrogens is 1. The van der Waals surface area contributed by atoms with Gasteiger partial charge in [-0.1, -0.05) is 6.92 Å². The van der Waals surface area contributed by atoms with Gasteiger partial charge >= 0.3 is 5.97 Å². The lowest BCUT2D eigenvalue weighted by Gasteiger charge is -2.34. The van der Waals surface area contributed by atoms with Gasteiger partial charge < -0.3 is 9.84 Å². The van der Waals surface area contributed by atoms with Crippen molar-refractivity contribution in [2.45, 2.75) is 26.0 Å². The normalized spacial score (nSPS) is 19.7. The highest BCUT2D eigenvalue weighted by atomic mass is 32.2. The van der Waals surface area contributed by atoms with E-state index in [1.807, 2.05) is 5.38 Å². The van der Waals surface area contributed by atoms with Gasteiger partial charge in [0.25, 0.3) is 0 Å². The summed E-state index contributed by atoms with van der Waals surface area (Å²) < 4.78 is 30.0. The quantitative estimate of drug-likeness (QED) is 0.693. The van der Waals surface area contributed by atoms with Gasteiger partial charge in [-0.15, -0.1) is 11.3 Å². The van der Waals surface area contributed by atoms with E-state index in [1.54, 1.807) is 11.3 Å². The number of nitrogens with zero attached hydrogens (tertiary/aromatic N) is 3. The Morgan fingerprint density at radius 1 is 1.58 bits per heavy atom. The van der Waals surface area contributed by atoms with E-state index in [0.717, 1.165) is 34.2 Å². The summed E-state index contributed by atoms with van der Waals surface area (Å²) in [7, 11) is -3.59. The number of ether oxygens (including phenoxy) is 1. The Balaban J connectivity index is 1.95. The molecule has 10 heteroatoms. The smallest absolute Gasteiger partial charge is 0.318 e. The van der Waals surface area contributed by atoms with Crippen LogP contribution >= 0.6 is 11.3 Å². The molecule has 0 amide bonds. The number of aliphatic carboxylic acids is 1. The third-order valence-electron chi connectivity index (χ3n) is 3.70. The lowest BCUT2D eigenvalue weighted by Crippen LogP contribution is -2.49. The van der Waals surface area contributed by atoms with Crippen LogP contribution in [0.5, 0.6) is 0 Å². The van der Waals surface area contributed by atoms with E-state index in [9.17, 15) is 13.2 Å². The van der Waals surface area contributed by atoms with Crippen LogP contribution in [-0.4, -0.2) is 78.8 Å². The fourth-order valence-corrected chi connectivity index (χ4v) is 4.06. The number of carboxylic acids is 1. The van der Waals surface area contributed by atoms with Gasteiger partial charge in [0.2, 0.25) is 10.0 Å². The van der Waals surface area contributed by atoms with Crippen LogP contribution in [0.2, 0.25) is 0 Å². The highest BCUT2D eigenvalue weighted by molar-refractivity contribution is 7.88. The highest BCUT2D eigenvalue weighted by Gasteiger charge is 2.28. The lowest BCUT2D eigenvalue weighted by atomic mass is 10.2. The number of hydrogen-bond acceptors (Lipinski definition) is 7. The molecule has 1 aliphatic heterocycles. The standard InChI is InChI=1S/C14H23N3O5S2/c1-3-13-15-11(10-23-13)6-16-4-5-22-12(7-16)8-17(9-14(18)19)24(2,20)21/h10,12H,3-9H2,1-2H3,(H,18,19). The maximum atomic E-state index is 11.7. The second kappa shape index (κ2) is 8.34. The van der Waals surface area contributed by atoms with Crippen molar-refractivity contribution in [3.8, 4) is 0 Å². The average molecular weight is 377 g/mol. The molecule has 2 heterocycles. The van der Waals surface area contributed by atoms with Crippen molar-refractivity contribution < 1.29 is 23.1 Å². The van der Waals surface area contributed by atoms with E-state index in [2.05, 4.69) is 16.8 Å². The lowest BCUT2D eigenvalue weighted by molar-refractivity contribution is -0.137. The molecular weight excluding hydrogens is 354 g/mol. The molecular formula is C14H23N3O5S2. The van der Waals surface area contributed by atoms with Gasteiger partial charge in [0.1, 0.15) is 6.54 Å². The number of sulfonamides is 1. The minimum absolute atomic E-state index is 0.0406. The third kappa shape index (κ3) is 5.78. The molecule has 1 fully saturated rings. The summed E-state index contributed by atoms with van der Waals surface area (Å²) in [6.07, 6.45) is 1.57. The van der Waals surface area contributed by atoms with Crippen molar-refractivity contribution in [1.82, 2.24) is 14.2 Å². The minimum atomic E-state index is -3.59. The van der Waals surface area contributed by atoms with Crippen LogP contribution in [0.15, 0.2) is 5.38 Å². The van der Waals surface area contributed by atoms with Crippen LogP contribution in [0, 0.1) is 0 Å². The van der Waals surface area contributed by atoms with Crippen molar-refractivity contribution in [1.29, 1.82) is 0 Å². The Morgan fingerprint density at radius 3 is 2.92 bits per heavy atom. The van der Waals surface area contributed by atoms with E-state index >= 15 is 0 Å². The molecule has 2 rings (SSSR count). The number of aryl methyl sites for hydroxylation is 1. The van der Waals surface area contributed by atoms with Gasteiger partial charge in [0, 0.05) is 31.6 Å². The number of carbonyl (C=O) groups is 1. The van der Waals surface area contributed by atoms with Gasteiger partial charge in [0.15, 0.2) is 0 Å². The zero-order valence-electron chi connectivity index (χ0n) is 13.8. The second-order valence-electron chi connectivity index (χ2n) is 5.76. The summed E-state index contributed by atoms with van der Waals surface area (Å²) in [4.78, 5) is 17.6. The molecule has 1 saturated heterocycles. The van der Waals surface area contributed by atoms with Gasteiger partial charge in [-0.2, -0.15) is 4.31 Å². The van der Waals surface area contributed by atoms with Gasteiger partial charge in [-0.05, 0) is 6.42 Å². The van der Waals surface area contributed by atoms with Crippen LogP contribution in [0.1, 0.15) is 17.6 Å². The van der Waals surface area contributed by atoms with Crippen LogP contribution in [0.25, 0.3) is 0 Å². The molecule has 1 atom stereocenters. The number of rotatable bonds is 8. The third-order valence-corrected chi connectivity index (χ3v) is 5.96. The maximum Gasteiger partial charge on any atom is 0.318 e. The molecule has 8 nitrogen and oxygen atoms in total. The molecule has 0 radical (unpaired) electrons. The van der Waals surface area contributed by atoms with Crippen LogP contribution in [0.4, 0.5) is 0 Å². The largest absolute Gasteiger partial charge is 0.480 e. The second-order valence-corrected chi connectivity index (χ2v) is 8.69. The molecule has 1 aromatic rings. The molecule has 0 spiro atoms. The summed E-state index contributed by atoms with van der Waals surface area (Å²) in [5.74, 6) is -1.18. The number of thiazole rings is 1. The van der Waals surface area contributed by atoms with Crippen molar-refractivity contribution in [2.24, 2.45) is 0 Å². The fourth-order valence-electron chi connectivity index (χ4n) is 2.54. The molecule has 0 aromatic carbocycles. The molecule has 1 N–H and O–H groups in total. The van der Waals surface area contributed by atoms with E-state index in [0.29, 0.717) is 19.7 Å². The SMILES string of the molecule is CCc1nc(CN2CCOC(CN(CC(=O)O)S(C)(=O)=O)C2)cs1. The predicted octanol–water partition coefficient (Wildman–Crippen LogP) is 0.253. The summed E-state index contributed by atoms with van der Waals surface area (Å²) >= 11 is 1.64. The summed E-state index contributed by atoms with van der Waals surface area (Å²) in [6.45, 7) is 4.02. The van der Waals surface area contributed by atoms with E-state index in [1.165, 1.54) is 0 Å². The average Bonchev–Trinajstić information content (AvgIpc) is 2.93. The maximum absolute atomic E-state index is 11.7. The van der Waals surface area contributed by atoms with E-state index in [4.69, 9.17) is 9.84 Å². The van der Waals surface area contributed by atoms with Crippen molar-refractivity contribution in [3.05, 3.63) is 16.1 Å². The van der Waals surface area contributed by atoms with Gasteiger partial charge in [-0.25, -0.2) is 13.4 Å². The van der Waals surface area contributed by atoms with Crippen LogP contribution in [-0.2, 0) is 32.5 Å². The Kier molecular flexibility index (Phi) is 6.70. The molecule has 0 aliphatic carbocycles. The number of hydrogen-bond donors (Lipinski definition) is 1. The first kappa shape index (κ1) is 19.3. The van der Waals surface area contributed by atoms with Crippen molar-refractivity contribution in [3.63, 3.8) is 0 Å². The summed E-state index contributed by atoms with van der Waals surface area (Å²) in [5.41, 5.74) is 1.00. The van der Waals surface area contributed by atoms with Gasteiger partial charge in [-0.3, -0.25) is 9.69 Å². The molecule has 0 saturated carbocycles. The molecule has 1 unspecified atom stereocenters. The summed E-state index contributed by atoms with van der Waals surface area (Å²) in [5, 5.41) is 12.0. The molecule has 1 aromatic heterocycles. The fraction of sp³-hybridized carbons (Fsp3) is 0.714. The molecule has 1 aliphatic rings. The molecule has 0 bridgehead atoms. The van der Waals surface area contributed by atoms with Crippen molar-refractivity contribution >= 4 is 27.3 Å². The Hall–Kier alpha value is -1.07. The van der Waals surface area contributed by atoms with Crippen molar-refractivity contribution in [2.75, 3.05) is 39.0 Å². The minimum Gasteiger partial charge on any atom is -0.480 e. The monoisotopic (exact) mass is 377 g/mol. The Morgan fingerprint density at radius 2 is 2.33 bits per heavy atom. The van der Waals surface area contributed by atoms with E-state index < -0.39 is 22.5 Å². The first-order valence-electron chi connectivity index (χ1n) is 7.72. The topological polar surface area (TPSA) is 100 Å². The van der Waals surface area contributed by atoms with Gasteiger partial charge in [0.05, 0.1) is 29.7 Å². The number of morpholine rings is 1. The predicted molar refractivity (Wildman–Crippen MR) is 90.6 cm³/mol. The molecule has 136 valence electrons. The number of carboxylic acid groups (broad SMARTS) is 1. The van der Waals surface area contributed by atoms with Crippen LogP contribution in [0.3, 0.4) is 0 Å². The first-order valence-corrected chi connectivity index (χ1v) is 10.4. The first-order chi connectivity index (χ1) is 11.3. The summed E-state index contributed by atoms with van der Waals surface area (Å²) in [6, 6.07) is 0. The van der Waals surface area contributed by atoms with E-state index in [-0.39, 0.29) is 12.6 Å². The molecule has 24 heavy (non-hydrogen) atoms.